The van der Waals surface area contributed by atoms with E-state index in [0.29, 0.717) is 19.6 Å². The van der Waals surface area contributed by atoms with Crippen molar-refractivity contribution >= 4 is 11.9 Å². The fraction of sp³-hybridized carbons (Fsp3) is 0.810. The largest absolute Gasteiger partial charge is 0.467 e. The SMILES string of the molecule is CC/C=C\C[C@@H]1[C@@H](CC(=O)N[C@H](C(=O)OC)[C@@H](C)CC)CCC12OCCO2. The minimum absolute atomic E-state index is 0.0288. The van der Waals surface area contributed by atoms with Crippen molar-refractivity contribution in [3.8, 4) is 0 Å². The lowest BCUT2D eigenvalue weighted by molar-refractivity contribution is -0.185. The van der Waals surface area contributed by atoms with Crippen molar-refractivity contribution in [2.75, 3.05) is 20.3 Å². The summed E-state index contributed by atoms with van der Waals surface area (Å²) in [5.74, 6) is -0.656. The number of carbonyl (C=O) groups is 2. The van der Waals surface area contributed by atoms with Crippen LogP contribution in [0.25, 0.3) is 0 Å². The molecular weight excluding hydrogens is 346 g/mol. The lowest BCUT2D eigenvalue weighted by atomic mass is 9.86. The molecule has 1 aliphatic carbocycles. The number of esters is 1. The summed E-state index contributed by atoms with van der Waals surface area (Å²) >= 11 is 0. The number of rotatable bonds is 9. The van der Waals surface area contributed by atoms with Gasteiger partial charge >= 0.3 is 5.97 Å². The summed E-state index contributed by atoms with van der Waals surface area (Å²) in [6.45, 7) is 7.29. The van der Waals surface area contributed by atoms with Crippen LogP contribution in [0.5, 0.6) is 0 Å². The van der Waals surface area contributed by atoms with Gasteiger partial charge in [0, 0.05) is 18.8 Å². The second-order valence-corrected chi connectivity index (χ2v) is 7.69. The van der Waals surface area contributed by atoms with E-state index in [0.717, 1.165) is 32.1 Å². The van der Waals surface area contributed by atoms with Gasteiger partial charge in [0.15, 0.2) is 5.79 Å². The first-order chi connectivity index (χ1) is 13.0. The van der Waals surface area contributed by atoms with Gasteiger partial charge in [-0.05, 0) is 31.1 Å². The van der Waals surface area contributed by atoms with Crippen molar-refractivity contribution in [1.29, 1.82) is 0 Å². The third-order valence-corrected chi connectivity index (χ3v) is 6.00. The van der Waals surface area contributed by atoms with E-state index in [4.69, 9.17) is 14.2 Å². The lowest BCUT2D eigenvalue weighted by Crippen LogP contribution is -2.46. The van der Waals surface area contributed by atoms with E-state index in [2.05, 4.69) is 24.4 Å². The molecule has 0 aromatic rings. The molecule has 2 rings (SSSR count). The van der Waals surface area contributed by atoms with E-state index in [1.54, 1.807) is 0 Å². The number of hydrogen-bond donors (Lipinski definition) is 1. The molecule has 154 valence electrons. The van der Waals surface area contributed by atoms with Crippen LogP contribution in [0.4, 0.5) is 0 Å². The fourth-order valence-corrected chi connectivity index (χ4v) is 4.25. The van der Waals surface area contributed by atoms with Crippen LogP contribution in [0, 0.1) is 17.8 Å². The number of nitrogens with one attached hydrogen (secondary N) is 1. The number of hydrogen-bond acceptors (Lipinski definition) is 5. The lowest BCUT2D eigenvalue weighted by Gasteiger charge is -2.31. The smallest absolute Gasteiger partial charge is 0.328 e. The molecule has 0 bridgehead atoms. The van der Waals surface area contributed by atoms with Gasteiger partial charge in [0.05, 0.1) is 20.3 Å². The van der Waals surface area contributed by atoms with Crippen LogP contribution in [0.15, 0.2) is 12.2 Å². The van der Waals surface area contributed by atoms with Gasteiger partial charge in [0.25, 0.3) is 0 Å². The maximum absolute atomic E-state index is 12.7. The third-order valence-electron chi connectivity index (χ3n) is 6.00. The van der Waals surface area contributed by atoms with E-state index in [1.807, 2.05) is 13.8 Å². The normalized spacial score (nSPS) is 26.4. The molecular formula is C21H35NO5. The molecule has 1 amide bonds. The standard InChI is InChI=1S/C21H35NO5/c1-5-7-8-9-17-16(10-11-21(17)26-12-13-27-21)14-18(23)22-19(15(3)6-2)20(24)25-4/h7-8,15-17,19H,5-6,9-14H2,1-4H3,(H,22,23)/b8-7-/t15-,16+,17+,19-/m0/s1. The molecule has 2 fully saturated rings. The molecule has 1 saturated carbocycles. The van der Waals surface area contributed by atoms with Crippen LogP contribution in [0.2, 0.25) is 0 Å². The predicted molar refractivity (Wildman–Crippen MR) is 103 cm³/mol. The molecule has 6 nitrogen and oxygen atoms in total. The Labute approximate surface area is 163 Å². The summed E-state index contributed by atoms with van der Waals surface area (Å²) in [4.78, 5) is 24.8. The van der Waals surface area contributed by atoms with Gasteiger partial charge in [-0.25, -0.2) is 4.79 Å². The minimum atomic E-state index is -0.597. The van der Waals surface area contributed by atoms with Gasteiger partial charge in [-0.1, -0.05) is 39.3 Å². The zero-order valence-corrected chi connectivity index (χ0v) is 17.2. The number of ether oxygens (including phenoxy) is 3. The Morgan fingerprint density at radius 3 is 2.56 bits per heavy atom. The Hall–Kier alpha value is -1.40. The van der Waals surface area contributed by atoms with Gasteiger partial charge in [0.1, 0.15) is 6.04 Å². The number of methoxy groups -OCH3 is 1. The Kier molecular flexibility index (Phi) is 8.29. The first-order valence-corrected chi connectivity index (χ1v) is 10.3. The molecule has 1 aliphatic heterocycles. The number of allylic oxidation sites excluding steroid dienone is 2. The highest BCUT2D eigenvalue weighted by Gasteiger charge is 2.52. The second kappa shape index (κ2) is 10.2. The van der Waals surface area contributed by atoms with E-state index in [-0.39, 0.29) is 29.6 Å². The molecule has 0 aromatic heterocycles. The first-order valence-electron chi connectivity index (χ1n) is 10.3. The summed E-state index contributed by atoms with van der Waals surface area (Å²) in [5.41, 5.74) is 0. The van der Waals surface area contributed by atoms with Crippen LogP contribution < -0.4 is 5.32 Å². The molecule has 1 saturated heterocycles. The summed E-state index contributed by atoms with van der Waals surface area (Å²) in [7, 11) is 1.36. The van der Waals surface area contributed by atoms with Crippen LogP contribution in [0.1, 0.15) is 59.3 Å². The van der Waals surface area contributed by atoms with E-state index in [9.17, 15) is 9.59 Å². The van der Waals surface area contributed by atoms with Crippen molar-refractivity contribution in [3.63, 3.8) is 0 Å². The molecule has 4 atom stereocenters. The van der Waals surface area contributed by atoms with Gasteiger partial charge in [-0.2, -0.15) is 0 Å². The minimum Gasteiger partial charge on any atom is -0.467 e. The maximum Gasteiger partial charge on any atom is 0.328 e. The summed E-state index contributed by atoms with van der Waals surface area (Å²) < 4.78 is 16.8. The third kappa shape index (κ3) is 5.32. The van der Waals surface area contributed by atoms with Crippen molar-refractivity contribution in [2.45, 2.75) is 71.1 Å². The molecule has 0 aromatic carbocycles. The van der Waals surface area contributed by atoms with Crippen molar-refractivity contribution in [1.82, 2.24) is 5.32 Å². The van der Waals surface area contributed by atoms with Crippen LogP contribution in [-0.2, 0) is 23.8 Å². The van der Waals surface area contributed by atoms with Gasteiger partial charge in [-0.15, -0.1) is 0 Å². The summed E-state index contributed by atoms with van der Waals surface area (Å²) in [5, 5.41) is 2.90. The monoisotopic (exact) mass is 381 g/mol. The molecule has 1 N–H and O–H groups in total. The molecule has 1 heterocycles. The van der Waals surface area contributed by atoms with Crippen LogP contribution in [0.3, 0.4) is 0 Å². The molecule has 6 heteroatoms. The highest BCUT2D eigenvalue weighted by atomic mass is 16.7. The number of amides is 1. The Bertz CT molecular complexity index is 527. The summed E-state index contributed by atoms with van der Waals surface area (Å²) in [6, 6.07) is -0.597. The molecule has 27 heavy (non-hydrogen) atoms. The highest BCUT2D eigenvalue weighted by molar-refractivity contribution is 5.84. The quantitative estimate of drug-likeness (QED) is 0.490. The van der Waals surface area contributed by atoms with E-state index < -0.39 is 11.8 Å². The van der Waals surface area contributed by atoms with Gasteiger partial charge in [-0.3, -0.25) is 4.79 Å². The Morgan fingerprint density at radius 1 is 1.26 bits per heavy atom. The molecule has 0 radical (unpaired) electrons. The summed E-state index contributed by atoms with van der Waals surface area (Å²) in [6.07, 6.45) is 9.03. The zero-order chi connectivity index (χ0) is 19.9. The Morgan fingerprint density at radius 2 is 1.96 bits per heavy atom. The topological polar surface area (TPSA) is 73.9 Å². The zero-order valence-electron chi connectivity index (χ0n) is 17.2. The average Bonchev–Trinajstić information content (AvgIpc) is 3.27. The molecule has 0 unspecified atom stereocenters. The van der Waals surface area contributed by atoms with E-state index in [1.165, 1.54) is 7.11 Å². The van der Waals surface area contributed by atoms with E-state index >= 15 is 0 Å². The number of carbonyl (C=O) groups excluding carboxylic acids is 2. The van der Waals surface area contributed by atoms with Gasteiger partial charge < -0.3 is 19.5 Å². The van der Waals surface area contributed by atoms with Crippen LogP contribution in [-0.4, -0.2) is 44.0 Å². The average molecular weight is 382 g/mol. The van der Waals surface area contributed by atoms with Crippen LogP contribution >= 0.6 is 0 Å². The first kappa shape index (κ1) is 21.9. The van der Waals surface area contributed by atoms with Crippen molar-refractivity contribution in [2.24, 2.45) is 17.8 Å². The maximum atomic E-state index is 12.7. The van der Waals surface area contributed by atoms with Gasteiger partial charge in [0.2, 0.25) is 5.91 Å². The van der Waals surface area contributed by atoms with Crippen molar-refractivity contribution < 1.29 is 23.8 Å². The second-order valence-electron chi connectivity index (χ2n) is 7.69. The van der Waals surface area contributed by atoms with Crippen molar-refractivity contribution in [3.05, 3.63) is 12.2 Å². The molecule has 2 aliphatic rings. The molecule has 1 spiro atoms. The predicted octanol–water partition coefficient (Wildman–Crippen LogP) is 3.21. The Balaban J connectivity index is 2.03. The highest BCUT2D eigenvalue weighted by Crippen LogP contribution is 2.49. The fourth-order valence-electron chi connectivity index (χ4n) is 4.25.